The van der Waals surface area contributed by atoms with Gasteiger partial charge in [0.25, 0.3) is 5.91 Å². The highest BCUT2D eigenvalue weighted by atomic mass is 32.2. The predicted octanol–water partition coefficient (Wildman–Crippen LogP) is 1.48. The summed E-state index contributed by atoms with van der Waals surface area (Å²) in [5.41, 5.74) is 0.291. The molecule has 0 atom stereocenters. The van der Waals surface area contributed by atoms with Gasteiger partial charge in [0.1, 0.15) is 0 Å². The van der Waals surface area contributed by atoms with Gasteiger partial charge in [-0.3, -0.25) is 9.59 Å². The first kappa shape index (κ1) is 26.0. The standard InChI is InChI=1S/C23H34N4O6S/c1-18(2)17-33-23(30)26-9-5-8-25(10-11-26)22(29)20-6-4-7-21(16-20)34(31,32)27-14-12-24(13-15-27)19(3)28/h4,6-7,16,18H,5,8-15,17H2,1-3H3. The van der Waals surface area contributed by atoms with Crippen LogP contribution in [-0.2, 0) is 19.6 Å². The molecule has 0 aromatic heterocycles. The van der Waals surface area contributed by atoms with Crippen LogP contribution in [0, 0.1) is 5.92 Å². The highest BCUT2D eigenvalue weighted by Crippen LogP contribution is 2.20. The molecule has 2 heterocycles. The van der Waals surface area contributed by atoms with Gasteiger partial charge in [0, 0.05) is 64.8 Å². The van der Waals surface area contributed by atoms with E-state index in [9.17, 15) is 22.8 Å². The van der Waals surface area contributed by atoms with Gasteiger partial charge in [-0.25, -0.2) is 13.2 Å². The summed E-state index contributed by atoms with van der Waals surface area (Å²) in [6.45, 7) is 8.56. The molecule has 0 N–H and O–H groups in total. The van der Waals surface area contributed by atoms with Crippen LogP contribution in [0.25, 0.3) is 0 Å². The van der Waals surface area contributed by atoms with Crippen LogP contribution in [0.15, 0.2) is 29.2 Å². The Balaban J connectivity index is 1.65. The Morgan fingerprint density at radius 2 is 1.53 bits per heavy atom. The monoisotopic (exact) mass is 494 g/mol. The van der Waals surface area contributed by atoms with Crippen molar-refractivity contribution in [3.8, 4) is 0 Å². The van der Waals surface area contributed by atoms with Gasteiger partial charge in [-0.15, -0.1) is 0 Å². The lowest BCUT2D eigenvalue weighted by molar-refractivity contribution is -0.129. The molecule has 2 aliphatic heterocycles. The molecule has 1 aromatic rings. The van der Waals surface area contributed by atoms with E-state index in [0.717, 1.165) is 0 Å². The molecular weight excluding hydrogens is 460 g/mol. The van der Waals surface area contributed by atoms with Gasteiger partial charge < -0.3 is 19.4 Å². The first-order valence-corrected chi connectivity index (χ1v) is 13.1. The molecule has 2 fully saturated rings. The van der Waals surface area contributed by atoms with E-state index in [0.29, 0.717) is 57.9 Å². The summed E-state index contributed by atoms with van der Waals surface area (Å²) in [7, 11) is -3.78. The zero-order valence-electron chi connectivity index (χ0n) is 20.1. The molecule has 2 saturated heterocycles. The fraction of sp³-hybridized carbons (Fsp3) is 0.609. The molecule has 0 saturated carbocycles. The minimum absolute atomic E-state index is 0.0586. The molecular formula is C23H34N4O6S. The molecule has 11 heteroatoms. The maximum absolute atomic E-state index is 13.2. The number of carbonyl (C=O) groups excluding carboxylic acids is 3. The van der Waals surface area contributed by atoms with Crippen molar-refractivity contribution in [1.82, 2.24) is 19.0 Å². The largest absolute Gasteiger partial charge is 0.449 e. The van der Waals surface area contributed by atoms with Crippen molar-refractivity contribution < 1.29 is 27.5 Å². The zero-order valence-corrected chi connectivity index (χ0v) is 20.9. The molecule has 34 heavy (non-hydrogen) atoms. The van der Waals surface area contributed by atoms with E-state index in [2.05, 4.69) is 0 Å². The van der Waals surface area contributed by atoms with Gasteiger partial charge in [0.15, 0.2) is 0 Å². The summed E-state index contributed by atoms with van der Waals surface area (Å²) >= 11 is 0. The third-order valence-corrected chi connectivity index (χ3v) is 7.88. The second-order valence-electron chi connectivity index (χ2n) is 9.04. The molecule has 3 amide bonds. The normalized spacial score (nSPS) is 18.1. The maximum Gasteiger partial charge on any atom is 0.409 e. The lowest BCUT2D eigenvalue weighted by Gasteiger charge is -2.33. The Kier molecular flexibility index (Phi) is 8.53. The molecule has 0 aliphatic carbocycles. The van der Waals surface area contributed by atoms with Crippen molar-refractivity contribution >= 4 is 27.9 Å². The highest BCUT2D eigenvalue weighted by Gasteiger charge is 2.30. The van der Waals surface area contributed by atoms with Crippen molar-refractivity contribution in [3.05, 3.63) is 29.8 Å². The van der Waals surface area contributed by atoms with Gasteiger partial charge in [-0.1, -0.05) is 19.9 Å². The maximum atomic E-state index is 13.2. The van der Waals surface area contributed by atoms with Crippen LogP contribution < -0.4 is 0 Å². The van der Waals surface area contributed by atoms with Crippen LogP contribution in [0.1, 0.15) is 37.6 Å². The average molecular weight is 495 g/mol. The Hall–Kier alpha value is -2.66. The number of sulfonamides is 1. The predicted molar refractivity (Wildman–Crippen MR) is 126 cm³/mol. The Labute approximate surface area is 201 Å². The Morgan fingerprint density at radius 3 is 2.18 bits per heavy atom. The van der Waals surface area contributed by atoms with Crippen LogP contribution in [0.2, 0.25) is 0 Å². The fourth-order valence-electron chi connectivity index (χ4n) is 4.00. The van der Waals surface area contributed by atoms with E-state index in [1.54, 1.807) is 26.8 Å². The van der Waals surface area contributed by atoms with Gasteiger partial charge >= 0.3 is 6.09 Å². The molecule has 0 spiro atoms. The Bertz CT molecular complexity index is 1000. The molecule has 10 nitrogen and oxygen atoms in total. The van der Waals surface area contributed by atoms with Crippen LogP contribution in [0.4, 0.5) is 4.79 Å². The first-order chi connectivity index (χ1) is 16.1. The summed E-state index contributed by atoms with van der Waals surface area (Å²) in [6.07, 6.45) is 0.238. The Morgan fingerprint density at radius 1 is 0.912 bits per heavy atom. The van der Waals surface area contributed by atoms with Gasteiger partial charge in [0.05, 0.1) is 11.5 Å². The number of ether oxygens (including phenoxy) is 1. The van der Waals surface area contributed by atoms with Crippen molar-refractivity contribution in [2.24, 2.45) is 5.92 Å². The molecule has 188 valence electrons. The lowest BCUT2D eigenvalue weighted by atomic mass is 10.2. The van der Waals surface area contributed by atoms with Crippen molar-refractivity contribution in [2.75, 3.05) is 59.0 Å². The van der Waals surface area contributed by atoms with Crippen molar-refractivity contribution in [1.29, 1.82) is 0 Å². The number of benzene rings is 1. The minimum atomic E-state index is -3.78. The molecule has 1 aromatic carbocycles. The molecule has 0 radical (unpaired) electrons. The topological polar surface area (TPSA) is 108 Å². The van der Waals surface area contributed by atoms with E-state index in [-0.39, 0.29) is 41.8 Å². The highest BCUT2D eigenvalue weighted by molar-refractivity contribution is 7.89. The van der Waals surface area contributed by atoms with Gasteiger partial charge in [-0.2, -0.15) is 4.31 Å². The average Bonchev–Trinajstić information content (AvgIpc) is 3.08. The van der Waals surface area contributed by atoms with Crippen LogP contribution in [-0.4, -0.2) is 104 Å². The van der Waals surface area contributed by atoms with E-state index in [1.807, 2.05) is 13.8 Å². The summed E-state index contributed by atoms with van der Waals surface area (Å²) < 4.78 is 32.9. The summed E-state index contributed by atoms with van der Waals surface area (Å²) in [5, 5.41) is 0. The van der Waals surface area contributed by atoms with E-state index >= 15 is 0 Å². The SMILES string of the molecule is CC(=O)N1CCN(S(=O)(=O)c2cccc(C(=O)N3CCCN(C(=O)OCC(C)C)CC3)c2)CC1. The van der Waals surface area contributed by atoms with Crippen molar-refractivity contribution in [3.63, 3.8) is 0 Å². The summed E-state index contributed by atoms with van der Waals surface area (Å²) in [4.78, 5) is 41.9. The number of carbonyl (C=O) groups is 3. The third-order valence-electron chi connectivity index (χ3n) is 5.98. The first-order valence-electron chi connectivity index (χ1n) is 11.7. The minimum Gasteiger partial charge on any atom is -0.449 e. The molecule has 3 rings (SSSR count). The molecule has 0 bridgehead atoms. The van der Waals surface area contributed by atoms with Crippen molar-refractivity contribution in [2.45, 2.75) is 32.1 Å². The fourth-order valence-corrected chi connectivity index (χ4v) is 5.47. The molecule has 2 aliphatic rings. The number of hydrogen-bond acceptors (Lipinski definition) is 6. The lowest BCUT2D eigenvalue weighted by Crippen LogP contribution is -2.49. The van der Waals surface area contributed by atoms with Crippen LogP contribution in [0.3, 0.4) is 0 Å². The third kappa shape index (κ3) is 6.26. The number of amides is 3. The van der Waals surface area contributed by atoms with E-state index in [4.69, 9.17) is 4.74 Å². The summed E-state index contributed by atoms with van der Waals surface area (Å²) in [6, 6.07) is 6.07. The molecule has 0 unspecified atom stereocenters. The quantitative estimate of drug-likeness (QED) is 0.614. The van der Waals surface area contributed by atoms with Crippen LogP contribution >= 0.6 is 0 Å². The number of hydrogen-bond donors (Lipinski definition) is 0. The van der Waals surface area contributed by atoms with Gasteiger partial charge in [0.2, 0.25) is 15.9 Å². The number of piperazine rings is 1. The van der Waals surface area contributed by atoms with Gasteiger partial charge in [-0.05, 0) is 30.5 Å². The number of nitrogens with zero attached hydrogens (tertiary/aromatic N) is 4. The zero-order chi connectivity index (χ0) is 24.9. The van der Waals surface area contributed by atoms with E-state index in [1.165, 1.54) is 23.4 Å². The summed E-state index contributed by atoms with van der Waals surface area (Å²) in [5.74, 6) is -0.0970. The second-order valence-corrected chi connectivity index (χ2v) is 11.0. The van der Waals surface area contributed by atoms with E-state index < -0.39 is 10.0 Å². The second kappa shape index (κ2) is 11.2. The van der Waals surface area contributed by atoms with Crippen LogP contribution in [0.5, 0.6) is 0 Å². The number of rotatable bonds is 5. The smallest absolute Gasteiger partial charge is 0.409 e.